The molecule has 0 aromatic carbocycles. The predicted molar refractivity (Wildman–Crippen MR) is 68.3 cm³/mol. The number of amides is 1. The normalized spacial score (nSPS) is 11.9. The van der Waals surface area contributed by atoms with E-state index in [2.05, 4.69) is 24.1 Å². The highest BCUT2D eigenvalue weighted by Gasteiger charge is 2.15. The van der Waals surface area contributed by atoms with Gasteiger partial charge in [-0.25, -0.2) is 0 Å². The van der Waals surface area contributed by atoms with Crippen LogP contribution in [0.1, 0.15) is 40.5 Å². The van der Waals surface area contributed by atoms with E-state index in [4.69, 9.17) is 5.73 Å². The van der Waals surface area contributed by atoms with Crippen LogP contribution in [0.2, 0.25) is 0 Å². The van der Waals surface area contributed by atoms with Crippen LogP contribution in [0.3, 0.4) is 0 Å². The minimum Gasteiger partial charge on any atom is -0.355 e. The highest BCUT2D eigenvalue weighted by Crippen LogP contribution is 2.02. The maximum Gasteiger partial charge on any atom is 0.221 e. The van der Waals surface area contributed by atoms with E-state index in [9.17, 15) is 4.79 Å². The fourth-order valence-corrected chi connectivity index (χ4v) is 1.57. The molecule has 0 rings (SSSR count). The molecule has 0 radical (unpaired) electrons. The van der Waals surface area contributed by atoms with Crippen LogP contribution in [0.4, 0.5) is 0 Å². The highest BCUT2D eigenvalue weighted by molar-refractivity contribution is 5.77. The Labute approximate surface area is 99.6 Å². The second-order valence-electron chi connectivity index (χ2n) is 4.95. The zero-order chi connectivity index (χ0) is 12.6. The average molecular weight is 229 g/mol. The molecule has 0 aliphatic carbocycles. The first-order valence-corrected chi connectivity index (χ1v) is 6.17. The molecule has 96 valence electrons. The van der Waals surface area contributed by atoms with Crippen LogP contribution in [0, 0.1) is 0 Å². The Bertz CT molecular complexity index is 199. The fraction of sp³-hybridized carbons (Fsp3) is 0.917. The van der Waals surface area contributed by atoms with Crippen molar-refractivity contribution in [3.8, 4) is 0 Å². The van der Waals surface area contributed by atoms with Gasteiger partial charge >= 0.3 is 0 Å². The SMILES string of the molecule is CCCN(CC)CCNC(=O)CC(C)(C)N. The van der Waals surface area contributed by atoms with Crippen molar-refractivity contribution in [2.75, 3.05) is 26.2 Å². The van der Waals surface area contributed by atoms with Gasteiger partial charge in [0.05, 0.1) is 0 Å². The summed E-state index contributed by atoms with van der Waals surface area (Å²) in [5, 5.41) is 2.90. The van der Waals surface area contributed by atoms with Crippen LogP contribution >= 0.6 is 0 Å². The second-order valence-corrected chi connectivity index (χ2v) is 4.95. The smallest absolute Gasteiger partial charge is 0.221 e. The molecule has 0 spiro atoms. The third-order valence-corrected chi connectivity index (χ3v) is 2.35. The largest absolute Gasteiger partial charge is 0.355 e. The molecule has 0 atom stereocenters. The van der Waals surface area contributed by atoms with Gasteiger partial charge in [0, 0.05) is 25.0 Å². The van der Waals surface area contributed by atoms with Gasteiger partial charge in [0.2, 0.25) is 5.91 Å². The van der Waals surface area contributed by atoms with Gasteiger partial charge in [0.25, 0.3) is 0 Å². The van der Waals surface area contributed by atoms with Gasteiger partial charge in [-0.3, -0.25) is 4.79 Å². The lowest BCUT2D eigenvalue weighted by Crippen LogP contribution is -2.41. The van der Waals surface area contributed by atoms with Crippen molar-refractivity contribution in [3.05, 3.63) is 0 Å². The van der Waals surface area contributed by atoms with Crippen LogP contribution in [0.25, 0.3) is 0 Å². The van der Waals surface area contributed by atoms with Crippen molar-refractivity contribution in [1.29, 1.82) is 0 Å². The number of carbonyl (C=O) groups excluding carboxylic acids is 1. The van der Waals surface area contributed by atoms with Crippen molar-refractivity contribution in [1.82, 2.24) is 10.2 Å². The third-order valence-electron chi connectivity index (χ3n) is 2.35. The molecular formula is C12H27N3O. The van der Waals surface area contributed by atoms with E-state index in [1.54, 1.807) is 0 Å². The Kier molecular flexibility index (Phi) is 7.34. The molecule has 0 fully saturated rings. The zero-order valence-corrected chi connectivity index (χ0v) is 11.2. The summed E-state index contributed by atoms with van der Waals surface area (Å²) in [6, 6.07) is 0. The van der Waals surface area contributed by atoms with Crippen molar-refractivity contribution < 1.29 is 4.79 Å². The van der Waals surface area contributed by atoms with E-state index < -0.39 is 5.54 Å². The average Bonchev–Trinajstić information content (AvgIpc) is 2.13. The van der Waals surface area contributed by atoms with Gasteiger partial charge in [-0.15, -0.1) is 0 Å². The number of nitrogens with one attached hydrogen (secondary N) is 1. The molecule has 1 amide bonds. The summed E-state index contributed by atoms with van der Waals surface area (Å²) in [6.45, 7) is 11.8. The van der Waals surface area contributed by atoms with Gasteiger partial charge in [-0.2, -0.15) is 0 Å². The molecule has 0 aliphatic rings. The van der Waals surface area contributed by atoms with E-state index in [1.165, 1.54) is 0 Å². The number of rotatable bonds is 8. The standard InChI is InChI=1S/C12H27N3O/c1-5-8-15(6-2)9-7-14-11(16)10-12(3,4)13/h5-10,13H2,1-4H3,(H,14,16). The molecule has 0 saturated heterocycles. The molecule has 0 saturated carbocycles. The van der Waals surface area contributed by atoms with Crippen LogP contribution in [0.5, 0.6) is 0 Å². The Morgan fingerprint density at radius 2 is 1.94 bits per heavy atom. The van der Waals surface area contributed by atoms with Gasteiger partial charge in [-0.05, 0) is 33.4 Å². The molecule has 0 aromatic rings. The lowest BCUT2D eigenvalue weighted by molar-refractivity contribution is -0.122. The van der Waals surface area contributed by atoms with E-state index in [0.29, 0.717) is 13.0 Å². The van der Waals surface area contributed by atoms with Gasteiger partial charge < -0.3 is 16.0 Å². The van der Waals surface area contributed by atoms with Crippen LogP contribution in [0.15, 0.2) is 0 Å². The van der Waals surface area contributed by atoms with Crippen LogP contribution in [-0.4, -0.2) is 42.5 Å². The maximum absolute atomic E-state index is 11.5. The summed E-state index contributed by atoms with van der Waals surface area (Å²) in [5.41, 5.74) is 5.35. The summed E-state index contributed by atoms with van der Waals surface area (Å²) in [7, 11) is 0. The summed E-state index contributed by atoms with van der Waals surface area (Å²) >= 11 is 0. The minimum atomic E-state index is -0.419. The molecule has 4 nitrogen and oxygen atoms in total. The highest BCUT2D eigenvalue weighted by atomic mass is 16.1. The number of hydrogen-bond donors (Lipinski definition) is 2. The minimum absolute atomic E-state index is 0.0417. The molecule has 0 heterocycles. The molecule has 3 N–H and O–H groups in total. The first-order valence-electron chi connectivity index (χ1n) is 6.17. The molecule has 0 unspecified atom stereocenters. The molecule has 0 aromatic heterocycles. The predicted octanol–water partition coefficient (Wildman–Crippen LogP) is 0.962. The van der Waals surface area contributed by atoms with Crippen molar-refractivity contribution in [3.63, 3.8) is 0 Å². The van der Waals surface area contributed by atoms with E-state index in [0.717, 1.165) is 26.1 Å². The van der Waals surface area contributed by atoms with Gasteiger partial charge in [0.1, 0.15) is 0 Å². The fourth-order valence-electron chi connectivity index (χ4n) is 1.57. The van der Waals surface area contributed by atoms with Crippen LogP contribution in [-0.2, 0) is 4.79 Å². The van der Waals surface area contributed by atoms with E-state index in [1.807, 2.05) is 13.8 Å². The third kappa shape index (κ3) is 8.68. The number of hydrogen-bond acceptors (Lipinski definition) is 3. The Morgan fingerprint density at radius 1 is 1.31 bits per heavy atom. The molecule has 0 bridgehead atoms. The van der Waals surface area contributed by atoms with Gasteiger partial charge in [-0.1, -0.05) is 13.8 Å². The van der Waals surface area contributed by atoms with E-state index >= 15 is 0 Å². The summed E-state index contributed by atoms with van der Waals surface area (Å²) in [4.78, 5) is 13.8. The lowest BCUT2D eigenvalue weighted by Gasteiger charge is -2.21. The summed E-state index contributed by atoms with van der Waals surface area (Å²) in [6.07, 6.45) is 1.53. The second kappa shape index (κ2) is 7.63. The molecule has 16 heavy (non-hydrogen) atoms. The Morgan fingerprint density at radius 3 is 2.38 bits per heavy atom. The van der Waals surface area contributed by atoms with Crippen molar-refractivity contribution in [2.45, 2.75) is 46.1 Å². The van der Waals surface area contributed by atoms with Crippen LogP contribution < -0.4 is 11.1 Å². The quantitative estimate of drug-likeness (QED) is 0.652. The van der Waals surface area contributed by atoms with Crippen molar-refractivity contribution >= 4 is 5.91 Å². The van der Waals surface area contributed by atoms with Crippen molar-refractivity contribution in [2.24, 2.45) is 5.73 Å². The van der Waals surface area contributed by atoms with Gasteiger partial charge in [0.15, 0.2) is 0 Å². The molecule has 4 heteroatoms. The number of carbonyl (C=O) groups is 1. The zero-order valence-electron chi connectivity index (χ0n) is 11.2. The molecular weight excluding hydrogens is 202 g/mol. The Hall–Kier alpha value is -0.610. The lowest BCUT2D eigenvalue weighted by atomic mass is 10.0. The first kappa shape index (κ1) is 15.4. The number of nitrogens with two attached hydrogens (primary N) is 1. The maximum atomic E-state index is 11.5. The monoisotopic (exact) mass is 229 g/mol. The molecule has 0 aliphatic heterocycles. The summed E-state index contributed by atoms with van der Waals surface area (Å²) in [5.74, 6) is 0.0417. The Balaban J connectivity index is 3.68. The number of nitrogens with zero attached hydrogens (tertiary/aromatic N) is 1. The summed E-state index contributed by atoms with van der Waals surface area (Å²) < 4.78 is 0. The first-order chi connectivity index (χ1) is 7.39. The number of likely N-dealkylation sites (N-methyl/N-ethyl adjacent to an activating group) is 1. The topological polar surface area (TPSA) is 58.4 Å². The van der Waals surface area contributed by atoms with E-state index in [-0.39, 0.29) is 5.91 Å².